The van der Waals surface area contributed by atoms with Gasteiger partial charge in [0.15, 0.2) is 5.78 Å². The van der Waals surface area contributed by atoms with Crippen LogP contribution in [-0.2, 0) is 0 Å². The molecule has 15 heavy (non-hydrogen) atoms. The van der Waals surface area contributed by atoms with E-state index >= 15 is 0 Å². The molecule has 0 atom stereocenters. The molecule has 80 valence electrons. The molecule has 2 heteroatoms. The SMILES string of the molecule is O=C(c1ccccc1)C1(S)CCCCC1. The van der Waals surface area contributed by atoms with E-state index in [9.17, 15) is 4.79 Å². The van der Waals surface area contributed by atoms with E-state index in [1.165, 1.54) is 6.42 Å². The van der Waals surface area contributed by atoms with Crippen molar-refractivity contribution in [3.63, 3.8) is 0 Å². The minimum atomic E-state index is -0.403. The van der Waals surface area contributed by atoms with Gasteiger partial charge in [0.05, 0.1) is 4.75 Å². The van der Waals surface area contributed by atoms with Gasteiger partial charge in [-0.3, -0.25) is 4.79 Å². The van der Waals surface area contributed by atoms with Gasteiger partial charge in [0, 0.05) is 5.56 Å². The first-order chi connectivity index (χ1) is 7.22. The van der Waals surface area contributed by atoms with Crippen LogP contribution in [0.3, 0.4) is 0 Å². The highest BCUT2D eigenvalue weighted by Crippen LogP contribution is 2.36. The van der Waals surface area contributed by atoms with Crippen LogP contribution < -0.4 is 0 Å². The molecule has 2 rings (SSSR count). The van der Waals surface area contributed by atoms with Crippen molar-refractivity contribution in [2.45, 2.75) is 36.9 Å². The van der Waals surface area contributed by atoms with Gasteiger partial charge >= 0.3 is 0 Å². The summed E-state index contributed by atoms with van der Waals surface area (Å²) in [6.45, 7) is 0. The minimum absolute atomic E-state index is 0.200. The Balaban J connectivity index is 2.20. The van der Waals surface area contributed by atoms with E-state index in [1.807, 2.05) is 30.3 Å². The Morgan fingerprint density at radius 1 is 1.07 bits per heavy atom. The number of benzene rings is 1. The lowest BCUT2D eigenvalue weighted by Crippen LogP contribution is -2.34. The fraction of sp³-hybridized carbons (Fsp3) is 0.462. The summed E-state index contributed by atoms with van der Waals surface area (Å²) in [5, 5.41) is 0. The van der Waals surface area contributed by atoms with Crippen molar-refractivity contribution in [3.05, 3.63) is 35.9 Å². The average Bonchev–Trinajstić information content (AvgIpc) is 2.30. The zero-order valence-electron chi connectivity index (χ0n) is 8.78. The van der Waals surface area contributed by atoms with Crippen LogP contribution in [0.15, 0.2) is 30.3 Å². The number of carbonyl (C=O) groups is 1. The smallest absolute Gasteiger partial charge is 0.178 e. The third-order valence-electron chi connectivity index (χ3n) is 3.14. The molecule has 0 unspecified atom stereocenters. The van der Waals surface area contributed by atoms with Gasteiger partial charge in [-0.05, 0) is 12.8 Å². The first kappa shape index (κ1) is 10.7. The Labute approximate surface area is 96.3 Å². The molecule has 1 aliphatic rings. The molecule has 0 saturated heterocycles. The summed E-state index contributed by atoms with van der Waals surface area (Å²) in [5.74, 6) is 0.200. The maximum atomic E-state index is 12.2. The molecule has 0 aromatic heterocycles. The van der Waals surface area contributed by atoms with Gasteiger partial charge in [-0.1, -0.05) is 49.6 Å². The Bertz CT molecular complexity index is 339. The highest BCUT2D eigenvalue weighted by molar-refractivity contribution is 7.82. The molecule has 1 fully saturated rings. The topological polar surface area (TPSA) is 17.1 Å². The summed E-state index contributed by atoms with van der Waals surface area (Å²) in [4.78, 5) is 12.2. The van der Waals surface area contributed by atoms with Gasteiger partial charge < -0.3 is 0 Å². The molecule has 0 amide bonds. The lowest BCUT2D eigenvalue weighted by Gasteiger charge is -2.30. The molecule has 1 saturated carbocycles. The molecule has 1 aliphatic carbocycles. The van der Waals surface area contributed by atoms with E-state index in [0.29, 0.717) is 0 Å². The van der Waals surface area contributed by atoms with Crippen molar-refractivity contribution in [1.82, 2.24) is 0 Å². The van der Waals surface area contributed by atoms with E-state index in [1.54, 1.807) is 0 Å². The predicted octanol–water partition coefficient (Wildman–Crippen LogP) is 3.50. The fourth-order valence-corrected chi connectivity index (χ4v) is 2.67. The summed E-state index contributed by atoms with van der Waals surface area (Å²) in [6.07, 6.45) is 5.34. The first-order valence-corrected chi connectivity index (χ1v) is 5.99. The largest absolute Gasteiger partial charge is 0.293 e. The van der Waals surface area contributed by atoms with Crippen molar-refractivity contribution in [3.8, 4) is 0 Å². The predicted molar refractivity (Wildman–Crippen MR) is 65.6 cm³/mol. The second-order valence-corrected chi connectivity index (χ2v) is 5.14. The van der Waals surface area contributed by atoms with E-state index in [0.717, 1.165) is 31.2 Å². The van der Waals surface area contributed by atoms with E-state index < -0.39 is 4.75 Å². The molecule has 1 aromatic rings. The Morgan fingerprint density at radius 2 is 1.67 bits per heavy atom. The molecule has 0 bridgehead atoms. The third kappa shape index (κ3) is 2.25. The number of rotatable bonds is 2. The summed E-state index contributed by atoms with van der Waals surface area (Å²) >= 11 is 4.61. The molecule has 0 heterocycles. The van der Waals surface area contributed by atoms with Gasteiger partial charge in [0.25, 0.3) is 0 Å². The normalized spacial score (nSPS) is 19.8. The lowest BCUT2D eigenvalue weighted by molar-refractivity contribution is 0.0920. The van der Waals surface area contributed by atoms with Gasteiger partial charge in [0.2, 0.25) is 0 Å². The minimum Gasteiger partial charge on any atom is -0.293 e. The van der Waals surface area contributed by atoms with E-state index in [2.05, 4.69) is 12.6 Å². The Morgan fingerprint density at radius 3 is 2.27 bits per heavy atom. The highest BCUT2D eigenvalue weighted by Gasteiger charge is 2.35. The number of hydrogen-bond donors (Lipinski definition) is 1. The van der Waals surface area contributed by atoms with Crippen LogP contribution in [0, 0.1) is 0 Å². The highest BCUT2D eigenvalue weighted by atomic mass is 32.1. The van der Waals surface area contributed by atoms with Crippen LogP contribution in [0.25, 0.3) is 0 Å². The number of thiol groups is 1. The second kappa shape index (κ2) is 4.40. The van der Waals surface area contributed by atoms with Gasteiger partial charge in [0.1, 0.15) is 0 Å². The van der Waals surface area contributed by atoms with Crippen LogP contribution in [0.4, 0.5) is 0 Å². The van der Waals surface area contributed by atoms with Crippen molar-refractivity contribution in [2.24, 2.45) is 0 Å². The molecule has 1 nitrogen and oxygen atoms in total. The van der Waals surface area contributed by atoms with Crippen LogP contribution in [0.1, 0.15) is 42.5 Å². The zero-order valence-corrected chi connectivity index (χ0v) is 9.67. The van der Waals surface area contributed by atoms with Crippen LogP contribution >= 0.6 is 12.6 Å². The van der Waals surface area contributed by atoms with Crippen LogP contribution in [0.2, 0.25) is 0 Å². The van der Waals surface area contributed by atoms with Crippen molar-refractivity contribution in [2.75, 3.05) is 0 Å². The first-order valence-electron chi connectivity index (χ1n) is 5.55. The van der Waals surface area contributed by atoms with E-state index in [4.69, 9.17) is 0 Å². The van der Waals surface area contributed by atoms with Crippen LogP contribution in [-0.4, -0.2) is 10.5 Å². The molecule has 0 aliphatic heterocycles. The molecule has 0 N–H and O–H groups in total. The lowest BCUT2D eigenvalue weighted by atomic mass is 9.83. The Hall–Kier alpha value is -0.760. The molecule has 0 radical (unpaired) electrons. The van der Waals surface area contributed by atoms with Crippen LogP contribution in [0.5, 0.6) is 0 Å². The summed E-state index contributed by atoms with van der Waals surface area (Å²) in [7, 11) is 0. The van der Waals surface area contributed by atoms with Crippen molar-refractivity contribution >= 4 is 18.4 Å². The molecular weight excluding hydrogens is 204 g/mol. The number of hydrogen-bond acceptors (Lipinski definition) is 2. The zero-order chi connectivity index (χ0) is 10.7. The van der Waals surface area contributed by atoms with E-state index in [-0.39, 0.29) is 5.78 Å². The fourth-order valence-electron chi connectivity index (χ4n) is 2.22. The second-order valence-electron chi connectivity index (χ2n) is 4.29. The number of carbonyl (C=O) groups excluding carboxylic acids is 1. The Kier molecular flexibility index (Phi) is 3.15. The number of Topliss-reactive ketones (excluding diaryl/α,β-unsaturated/α-hetero) is 1. The summed E-state index contributed by atoms with van der Waals surface area (Å²) in [5.41, 5.74) is 0.800. The molecule has 1 aromatic carbocycles. The van der Waals surface area contributed by atoms with Gasteiger partial charge in [-0.25, -0.2) is 0 Å². The quantitative estimate of drug-likeness (QED) is 0.596. The van der Waals surface area contributed by atoms with Crippen molar-refractivity contribution in [1.29, 1.82) is 0 Å². The maximum absolute atomic E-state index is 12.2. The van der Waals surface area contributed by atoms with Gasteiger partial charge in [-0.15, -0.1) is 0 Å². The average molecular weight is 220 g/mol. The summed E-state index contributed by atoms with van der Waals surface area (Å²) < 4.78 is -0.403. The monoisotopic (exact) mass is 220 g/mol. The standard InChI is InChI=1S/C13H16OS/c14-12(11-7-3-1-4-8-11)13(15)9-5-2-6-10-13/h1,3-4,7-8,15H,2,5-6,9-10H2. The molecular formula is C13H16OS. The summed E-state index contributed by atoms with van der Waals surface area (Å²) in [6, 6.07) is 9.52. The van der Waals surface area contributed by atoms with Crippen molar-refractivity contribution < 1.29 is 4.79 Å². The molecule has 0 spiro atoms. The maximum Gasteiger partial charge on any atom is 0.178 e. The number of ketones is 1. The van der Waals surface area contributed by atoms with Gasteiger partial charge in [-0.2, -0.15) is 12.6 Å². The third-order valence-corrected chi connectivity index (χ3v) is 3.79.